The molecular formula is C28H22Cl3N3O2. The first-order chi connectivity index (χ1) is 17.3. The minimum absolute atomic E-state index is 0.273. The number of amides is 1. The van der Waals surface area contributed by atoms with Crippen LogP contribution in [0.1, 0.15) is 28.8 Å². The van der Waals surface area contributed by atoms with Crippen molar-refractivity contribution < 1.29 is 9.59 Å². The van der Waals surface area contributed by atoms with Gasteiger partial charge < -0.3 is 15.5 Å². The molecule has 1 atom stereocenters. The fourth-order valence-electron chi connectivity index (χ4n) is 4.79. The lowest BCUT2D eigenvalue weighted by Crippen LogP contribution is -2.36. The van der Waals surface area contributed by atoms with E-state index >= 15 is 0 Å². The monoisotopic (exact) mass is 537 g/mol. The summed E-state index contributed by atoms with van der Waals surface area (Å²) in [4.78, 5) is 30.0. The lowest BCUT2D eigenvalue weighted by molar-refractivity contribution is -0.113. The Hall–Kier alpha value is -3.25. The highest BCUT2D eigenvalue weighted by Gasteiger charge is 2.42. The molecule has 3 aromatic carbocycles. The van der Waals surface area contributed by atoms with E-state index in [9.17, 15) is 9.59 Å². The number of rotatable bonds is 5. The van der Waals surface area contributed by atoms with Crippen LogP contribution in [0.15, 0.2) is 95.5 Å². The molecule has 0 bridgehead atoms. The van der Waals surface area contributed by atoms with Crippen molar-refractivity contribution in [2.24, 2.45) is 0 Å². The molecule has 0 aromatic heterocycles. The summed E-state index contributed by atoms with van der Waals surface area (Å²) in [5.41, 5.74) is 3.31. The first kappa shape index (κ1) is 24.4. The Labute approximate surface area is 224 Å². The summed E-state index contributed by atoms with van der Waals surface area (Å²) in [5.74, 6) is -0.627. The molecule has 3 aromatic rings. The van der Waals surface area contributed by atoms with Crippen LogP contribution in [-0.2, 0) is 4.79 Å². The molecule has 2 heterocycles. The molecule has 36 heavy (non-hydrogen) atoms. The molecule has 2 aliphatic heterocycles. The Morgan fingerprint density at radius 1 is 0.917 bits per heavy atom. The minimum atomic E-state index is -0.688. The molecule has 182 valence electrons. The molecule has 0 spiro atoms. The second kappa shape index (κ2) is 10.0. The number of hydrogen-bond acceptors (Lipinski definition) is 4. The number of fused-ring (bicyclic) bond motifs is 1. The van der Waals surface area contributed by atoms with Crippen LogP contribution in [0.5, 0.6) is 0 Å². The van der Waals surface area contributed by atoms with Gasteiger partial charge in [0.25, 0.3) is 5.91 Å². The van der Waals surface area contributed by atoms with Crippen molar-refractivity contribution in [3.05, 3.63) is 122 Å². The number of para-hydroxylation sites is 1. The summed E-state index contributed by atoms with van der Waals surface area (Å²) in [7, 11) is 0. The van der Waals surface area contributed by atoms with E-state index in [2.05, 4.69) is 10.6 Å². The number of carbonyl (C=O) groups is 2. The van der Waals surface area contributed by atoms with Crippen molar-refractivity contribution >= 4 is 52.2 Å². The Morgan fingerprint density at radius 3 is 2.42 bits per heavy atom. The van der Waals surface area contributed by atoms with Gasteiger partial charge in [-0.25, -0.2) is 0 Å². The van der Waals surface area contributed by atoms with E-state index in [1.165, 1.54) is 0 Å². The molecule has 5 nitrogen and oxygen atoms in total. The van der Waals surface area contributed by atoms with Crippen LogP contribution < -0.4 is 10.6 Å². The average molecular weight is 539 g/mol. The highest BCUT2D eigenvalue weighted by molar-refractivity contribution is 6.37. The summed E-state index contributed by atoms with van der Waals surface area (Å²) >= 11 is 19.1. The van der Waals surface area contributed by atoms with Crippen molar-refractivity contribution in [2.45, 2.75) is 12.8 Å². The van der Waals surface area contributed by atoms with Crippen LogP contribution >= 0.6 is 34.8 Å². The van der Waals surface area contributed by atoms with E-state index in [0.29, 0.717) is 45.8 Å². The van der Waals surface area contributed by atoms with Gasteiger partial charge in [-0.3, -0.25) is 9.59 Å². The van der Waals surface area contributed by atoms with Crippen molar-refractivity contribution in [3.8, 4) is 0 Å². The normalized spacial score (nSPS) is 17.1. The number of allylic oxidation sites excluding steroid dienone is 2. The molecule has 5 rings (SSSR count). The van der Waals surface area contributed by atoms with E-state index < -0.39 is 5.92 Å². The van der Waals surface area contributed by atoms with Crippen LogP contribution in [0.25, 0.3) is 0 Å². The topological polar surface area (TPSA) is 61.4 Å². The minimum Gasteiger partial charge on any atom is -0.369 e. The number of carbonyl (C=O) groups excluding carboxylic acids is 2. The predicted molar refractivity (Wildman–Crippen MR) is 144 cm³/mol. The number of halogens is 3. The fourth-order valence-corrected chi connectivity index (χ4v) is 5.37. The maximum atomic E-state index is 14.2. The zero-order chi connectivity index (χ0) is 25.4. The third kappa shape index (κ3) is 4.50. The fraction of sp³-hybridized carbons (Fsp3) is 0.143. The van der Waals surface area contributed by atoms with Crippen LogP contribution in [-0.4, -0.2) is 29.7 Å². The maximum Gasteiger partial charge on any atom is 0.254 e. The number of anilines is 1. The number of nitrogens with one attached hydrogen (secondary N) is 2. The third-order valence-electron chi connectivity index (χ3n) is 6.40. The van der Waals surface area contributed by atoms with E-state index in [0.717, 1.165) is 11.3 Å². The third-order valence-corrected chi connectivity index (χ3v) is 7.20. The smallest absolute Gasteiger partial charge is 0.254 e. The van der Waals surface area contributed by atoms with Gasteiger partial charge in [0.1, 0.15) is 5.82 Å². The molecule has 0 radical (unpaired) electrons. The van der Waals surface area contributed by atoms with Crippen LogP contribution in [0.3, 0.4) is 0 Å². The average Bonchev–Trinajstić information content (AvgIpc) is 3.36. The van der Waals surface area contributed by atoms with Gasteiger partial charge in [0.15, 0.2) is 5.78 Å². The standard InChI is InChI=1S/C28H22Cl3N3O2/c1-16-23(28(36)33-20-8-3-2-4-9-20)24(17-6-5-7-18(29)14-17)25(27-32-12-13-34(16)27)26(35)21-15-19(30)10-11-22(21)31/h2-11,14-15,24,32H,12-13H2,1H3,(H,33,36). The molecule has 8 heteroatoms. The Balaban J connectivity index is 1.71. The van der Waals surface area contributed by atoms with Gasteiger partial charge in [-0.15, -0.1) is 0 Å². The molecule has 1 fully saturated rings. The van der Waals surface area contributed by atoms with E-state index in [1.807, 2.05) is 54.3 Å². The van der Waals surface area contributed by atoms with Crippen molar-refractivity contribution in [2.75, 3.05) is 18.4 Å². The zero-order valence-corrected chi connectivity index (χ0v) is 21.6. The first-order valence-corrected chi connectivity index (χ1v) is 12.6. The van der Waals surface area contributed by atoms with Gasteiger partial charge in [0.05, 0.1) is 10.6 Å². The highest BCUT2D eigenvalue weighted by atomic mass is 35.5. The number of benzene rings is 3. The van der Waals surface area contributed by atoms with Gasteiger partial charge in [-0.2, -0.15) is 0 Å². The van der Waals surface area contributed by atoms with Crippen molar-refractivity contribution in [1.82, 2.24) is 10.2 Å². The molecule has 1 amide bonds. The predicted octanol–water partition coefficient (Wildman–Crippen LogP) is 6.66. The van der Waals surface area contributed by atoms with E-state index in [1.54, 1.807) is 30.3 Å². The second-order valence-corrected chi connectivity index (χ2v) is 9.88. The molecule has 0 saturated carbocycles. The quantitative estimate of drug-likeness (QED) is 0.357. The Morgan fingerprint density at radius 2 is 1.67 bits per heavy atom. The number of nitrogens with zero attached hydrogens (tertiary/aromatic N) is 1. The van der Waals surface area contributed by atoms with Gasteiger partial charge in [0.2, 0.25) is 0 Å². The van der Waals surface area contributed by atoms with E-state index in [-0.39, 0.29) is 22.3 Å². The Bertz CT molecular complexity index is 1430. The van der Waals surface area contributed by atoms with Crippen LogP contribution in [0.4, 0.5) is 5.69 Å². The zero-order valence-electron chi connectivity index (χ0n) is 19.3. The number of hydrogen-bond donors (Lipinski definition) is 2. The summed E-state index contributed by atoms with van der Waals surface area (Å²) in [6.45, 7) is 3.15. The lowest BCUT2D eigenvalue weighted by Gasteiger charge is -2.36. The van der Waals surface area contributed by atoms with Crippen molar-refractivity contribution in [3.63, 3.8) is 0 Å². The molecule has 1 saturated heterocycles. The first-order valence-electron chi connectivity index (χ1n) is 11.4. The van der Waals surface area contributed by atoms with Gasteiger partial charge in [0, 0.05) is 51.6 Å². The molecule has 2 aliphatic rings. The summed E-state index contributed by atoms with van der Waals surface area (Å²) in [6.07, 6.45) is 0. The Kier molecular flexibility index (Phi) is 6.80. The number of Topliss-reactive ketones (excluding diaryl/α,β-unsaturated/α-hetero) is 1. The second-order valence-electron chi connectivity index (χ2n) is 8.60. The highest BCUT2D eigenvalue weighted by Crippen LogP contribution is 2.45. The van der Waals surface area contributed by atoms with E-state index in [4.69, 9.17) is 34.8 Å². The summed E-state index contributed by atoms with van der Waals surface area (Å²) < 4.78 is 0. The summed E-state index contributed by atoms with van der Waals surface area (Å²) in [5, 5.41) is 7.54. The molecule has 2 N–H and O–H groups in total. The SMILES string of the molecule is CC1=C(C(=O)Nc2ccccc2)C(c2cccc(Cl)c2)C(C(=O)c2cc(Cl)ccc2Cl)=C2NCCN12. The van der Waals surface area contributed by atoms with Crippen molar-refractivity contribution in [1.29, 1.82) is 0 Å². The lowest BCUT2D eigenvalue weighted by atomic mass is 9.77. The molecular weight excluding hydrogens is 517 g/mol. The molecule has 1 unspecified atom stereocenters. The largest absolute Gasteiger partial charge is 0.369 e. The van der Waals surface area contributed by atoms with Crippen LogP contribution in [0.2, 0.25) is 15.1 Å². The molecule has 0 aliphatic carbocycles. The van der Waals surface area contributed by atoms with Gasteiger partial charge in [-0.05, 0) is 55.0 Å². The number of ketones is 1. The van der Waals surface area contributed by atoms with Crippen LogP contribution in [0, 0.1) is 0 Å². The maximum absolute atomic E-state index is 14.2. The van der Waals surface area contributed by atoms with Gasteiger partial charge >= 0.3 is 0 Å². The summed E-state index contributed by atoms with van der Waals surface area (Å²) in [6, 6.07) is 21.3. The van der Waals surface area contributed by atoms with Gasteiger partial charge in [-0.1, -0.05) is 65.1 Å².